The summed E-state index contributed by atoms with van der Waals surface area (Å²) in [4.78, 5) is 38.1. The Morgan fingerprint density at radius 1 is 1.00 bits per heavy atom. The smallest absolute Gasteiger partial charge is 0.256 e. The molecule has 0 saturated carbocycles. The van der Waals surface area contributed by atoms with Crippen molar-refractivity contribution in [2.75, 3.05) is 25.0 Å². The lowest BCUT2D eigenvalue weighted by molar-refractivity contribution is -0.116. The molecule has 8 heteroatoms. The van der Waals surface area contributed by atoms with Gasteiger partial charge in [-0.15, -0.1) is 0 Å². The number of anilines is 1. The molecule has 2 amide bonds. The van der Waals surface area contributed by atoms with Crippen molar-refractivity contribution in [1.29, 1.82) is 0 Å². The van der Waals surface area contributed by atoms with Gasteiger partial charge >= 0.3 is 0 Å². The predicted molar refractivity (Wildman–Crippen MR) is 148 cm³/mol. The topological polar surface area (TPSA) is 75.7 Å². The van der Waals surface area contributed by atoms with E-state index < -0.39 is 5.82 Å². The van der Waals surface area contributed by atoms with E-state index in [-0.39, 0.29) is 27.6 Å². The molecule has 4 rings (SSSR count). The van der Waals surface area contributed by atoms with Crippen molar-refractivity contribution in [3.63, 3.8) is 0 Å². The highest BCUT2D eigenvalue weighted by Gasteiger charge is 2.26. The lowest BCUT2D eigenvalue weighted by Gasteiger charge is -2.32. The number of nitrogens with zero attached hydrogens (tertiary/aromatic N) is 1. The predicted octanol–water partition coefficient (Wildman–Crippen LogP) is 6.61. The average Bonchev–Trinajstić information content (AvgIpc) is 2.93. The summed E-state index contributed by atoms with van der Waals surface area (Å²) in [5, 5.41) is 2.92. The highest BCUT2D eigenvalue weighted by atomic mass is 79.9. The van der Waals surface area contributed by atoms with Crippen LogP contribution in [0.3, 0.4) is 0 Å². The number of nitrogens with one attached hydrogen (secondary N) is 1. The molecule has 3 aromatic rings. The standard InChI is InChI=1S/C30H30BrFN2O4/c1-20(35)21-9-13-25(14-10-21)38-19-3-6-28(36)33-24-11-7-22(8-12-24)23-15-17-34(18-16-23)30(37)26-4-2-5-27(31)29(26)32/h2,4-5,7-14,23H,3,6,15-19H2,1H3,(H,33,36). The Hall–Kier alpha value is -3.52. The molecule has 0 atom stereocenters. The molecule has 0 bridgehead atoms. The molecule has 3 aromatic carbocycles. The summed E-state index contributed by atoms with van der Waals surface area (Å²) in [6, 6.07) is 19.5. The second kappa shape index (κ2) is 12.8. The van der Waals surface area contributed by atoms with Crippen LogP contribution in [-0.4, -0.2) is 42.2 Å². The van der Waals surface area contributed by atoms with Gasteiger partial charge in [-0.3, -0.25) is 14.4 Å². The van der Waals surface area contributed by atoms with Gasteiger partial charge in [0.15, 0.2) is 5.78 Å². The Bertz CT molecular complexity index is 1290. The largest absolute Gasteiger partial charge is 0.494 e. The zero-order valence-electron chi connectivity index (χ0n) is 21.2. The number of hydrogen-bond acceptors (Lipinski definition) is 4. The minimum absolute atomic E-state index is 0.00780. The number of hydrogen-bond donors (Lipinski definition) is 1. The summed E-state index contributed by atoms with van der Waals surface area (Å²) < 4.78 is 20.3. The molecule has 0 aromatic heterocycles. The van der Waals surface area contributed by atoms with Crippen LogP contribution in [0, 0.1) is 5.82 Å². The van der Waals surface area contributed by atoms with Crippen LogP contribution in [0.4, 0.5) is 10.1 Å². The number of carbonyl (C=O) groups is 3. The van der Waals surface area contributed by atoms with Crippen molar-refractivity contribution in [2.24, 2.45) is 0 Å². The van der Waals surface area contributed by atoms with E-state index in [9.17, 15) is 18.8 Å². The number of amides is 2. The molecule has 1 aliphatic heterocycles. The van der Waals surface area contributed by atoms with E-state index in [1.165, 1.54) is 13.0 Å². The van der Waals surface area contributed by atoms with Gasteiger partial charge in [0.1, 0.15) is 11.6 Å². The molecule has 1 N–H and O–H groups in total. The molecule has 1 aliphatic rings. The van der Waals surface area contributed by atoms with Crippen LogP contribution in [0.25, 0.3) is 0 Å². The van der Waals surface area contributed by atoms with Crippen LogP contribution in [0.1, 0.15) is 64.8 Å². The molecule has 1 heterocycles. The molecule has 38 heavy (non-hydrogen) atoms. The first-order valence-corrected chi connectivity index (χ1v) is 13.5. The third-order valence-corrected chi connectivity index (χ3v) is 7.32. The molecule has 1 saturated heterocycles. The van der Waals surface area contributed by atoms with Crippen molar-refractivity contribution < 1.29 is 23.5 Å². The number of ether oxygens (including phenoxy) is 1. The van der Waals surface area contributed by atoms with Crippen molar-refractivity contribution in [1.82, 2.24) is 4.90 Å². The number of benzene rings is 3. The van der Waals surface area contributed by atoms with Gasteiger partial charge in [0.2, 0.25) is 5.91 Å². The van der Waals surface area contributed by atoms with Gasteiger partial charge in [0, 0.05) is 30.8 Å². The molecular weight excluding hydrogens is 551 g/mol. The quantitative estimate of drug-likeness (QED) is 0.228. The summed E-state index contributed by atoms with van der Waals surface area (Å²) in [6.07, 6.45) is 2.49. The number of ketones is 1. The Morgan fingerprint density at radius 2 is 1.68 bits per heavy atom. The Kier molecular flexibility index (Phi) is 9.29. The Labute approximate surface area is 230 Å². The zero-order valence-corrected chi connectivity index (χ0v) is 22.8. The summed E-state index contributed by atoms with van der Waals surface area (Å²) in [7, 11) is 0. The lowest BCUT2D eigenvalue weighted by atomic mass is 9.89. The molecular formula is C30H30BrFN2O4. The minimum atomic E-state index is -0.523. The third-order valence-electron chi connectivity index (χ3n) is 6.71. The summed E-state index contributed by atoms with van der Waals surface area (Å²) >= 11 is 3.14. The van der Waals surface area contributed by atoms with Gasteiger partial charge in [0.25, 0.3) is 5.91 Å². The second-order valence-corrected chi connectivity index (χ2v) is 10.2. The van der Waals surface area contributed by atoms with Crippen LogP contribution >= 0.6 is 15.9 Å². The monoisotopic (exact) mass is 580 g/mol. The van der Waals surface area contributed by atoms with Gasteiger partial charge in [-0.1, -0.05) is 18.2 Å². The molecule has 198 valence electrons. The van der Waals surface area contributed by atoms with Gasteiger partial charge in [-0.2, -0.15) is 0 Å². The number of likely N-dealkylation sites (tertiary alicyclic amines) is 1. The van der Waals surface area contributed by atoms with Crippen molar-refractivity contribution >= 4 is 39.2 Å². The van der Waals surface area contributed by atoms with E-state index in [1.807, 2.05) is 24.3 Å². The molecule has 0 aliphatic carbocycles. The second-order valence-electron chi connectivity index (χ2n) is 9.37. The molecule has 0 unspecified atom stereocenters. The first-order valence-electron chi connectivity index (χ1n) is 12.7. The average molecular weight is 581 g/mol. The summed E-state index contributed by atoms with van der Waals surface area (Å²) in [6.45, 7) is 3.06. The fourth-order valence-electron chi connectivity index (χ4n) is 4.53. The van der Waals surface area contributed by atoms with E-state index in [1.54, 1.807) is 41.3 Å². The first kappa shape index (κ1) is 27.5. The van der Waals surface area contributed by atoms with Crippen molar-refractivity contribution in [3.8, 4) is 5.75 Å². The van der Waals surface area contributed by atoms with Gasteiger partial charge in [-0.05, 0) is 102 Å². The maximum atomic E-state index is 14.3. The fourth-order valence-corrected chi connectivity index (χ4v) is 4.89. The maximum absolute atomic E-state index is 14.3. The maximum Gasteiger partial charge on any atom is 0.256 e. The number of Topliss-reactive ketones (excluding diaryl/α,β-unsaturated/α-hetero) is 1. The zero-order chi connectivity index (χ0) is 27.1. The number of halogens is 2. The fraction of sp³-hybridized carbons (Fsp3) is 0.300. The van der Waals surface area contributed by atoms with E-state index in [4.69, 9.17) is 4.74 Å². The van der Waals surface area contributed by atoms with Gasteiger partial charge in [0.05, 0.1) is 16.6 Å². The van der Waals surface area contributed by atoms with Crippen molar-refractivity contribution in [3.05, 3.63) is 93.7 Å². The van der Waals surface area contributed by atoms with E-state index in [0.29, 0.717) is 49.8 Å². The normalized spacial score (nSPS) is 13.7. The number of carbonyl (C=O) groups excluding carboxylic acids is 3. The molecule has 0 spiro atoms. The molecule has 1 fully saturated rings. The van der Waals surface area contributed by atoms with Crippen LogP contribution in [-0.2, 0) is 4.79 Å². The SMILES string of the molecule is CC(=O)c1ccc(OCCCC(=O)Nc2ccc(C3CCN(C(=O)c4cccc(Br)c4F)CC3)cc2)cc1. The van der Waals surface area contributed by atoms with Gasteiger partial charge < -0.3 is 15.0 Å². The van der Waals surface area contributed by atoms with Crippen LogP contribution in [0.15, 0.2) is 71.2 Å². The van der Waals surface area contributed by atoms with E-state index >= 15 is 0 Å². The number of piperidine rings is 1. The minimum Gasteiger partial charge on any atom is -0.494 e. The van der Waals surface area contributed by atoms with E-state index in [2.05, 4.69) is 21.2 Å². The van der Waals surface area contributed by atoms with Crippen LogP contribution in [0.5, 0.6) is 5.75 Å². The first-order chi connectivity index (χ1) is 18.3. The Balaban J connectivity index is 1.19. The molecule has 0 radical (unpaired) electrons. The number of rotatable bonds is 9. The summed E-state index contributed by atoms with van der Waals surface area (Å²) in [5.41, 5.74) is 2.62. The van der Waals surface area contributed by atoms with Crippen LogP contribution in [0.2, 0.25) is 0 Å². The van der Waals surface area contributed by atoms with Crippen molar-refractivity contribution in [2.45, 2.75) is 38.5 Å². The van der Waals surface area contributed by atoms with Crippen LogP contribution < -0.4 is 10.1 Å². The highest BCUT2D eigenvalue weighted by Crippen LogP contribution is 2.30. The van der Waals surface area contributed by atoms with E-state index in [0.717, 1.165) is 24.1 Å². The molecule has 6 nitrogen and oxygen atoms in total. The highest BCUT2D eigenvalue weighted by molar-refractivity contribution is 9.10. The third kappa shape index (κ3) is 7.07. The van der Waals surface area contributed by atoms with Gasteiger partial charge in [-0.25, -0.2) is 4.39 Å². The lowest BCUT2D eigenvalue weighted by Crippen LogP contribution is -2.38. The Morgan fingerprint density at radius 3 is 2.34 bits per heavy atom. The summed E-state index contributed by atoms with van der Waals surface area (Å²) in [5.74, 6) is 0.0921.